The van der Waals surface area contributed by atoms with E-state index in [9.17, 15) is 14.0 Å². The molecule has 0 bridgehead atoms. The van der Waals surface area contributed by atoms with Crippen molar-refractivity contribution in [3.05, 3.63) is 53.1 Å². The summed E-state index contributed by atoms with van der Waals surface area (Å²) in [5.41, 5.74) is 1.68. The van der Waals surface area contributed by atoms with Gasteiger partial charge < -0.3 is 4.90 Å². The maximum atomic E-state index is 13.2. The maximum absolute atomic E-state index is 13.2. The first-order valence-corrected chi connectivity index (χ1v) is 9.69. The van der Waals surface area contributed by atoms with Crippen molar-refractivity contribution < 1.29 is 14.0 Å². The van der Waals surface area contributed by atoms with E-state index in [4.69, 9.17) is 0 Å². The number of nitrogens with zero attached hydrogens (tertiary/aromatic N) is 3. The monoisotopic (exact) mass is 386 g/mol. The number of hydrogen-bond donors (Lipinski definition) is 1. The zero-order valence-electron chi connectivity index (χ0n) is 16.6. The molecule has 3 rings (SSSR count). The van der Waals surface area contributed by atoms with E-state index in [-0.39, 0.29) is 29.2 Å². The first-order valence-electron chi connectivity index (χ1n) is 9.69. The van der Waals surface area contributed by atoms with Crippen molar-refractivity contribution in [1.82, 2.24) is 20.0 Å². The molecular weight excluding hydrogens is 359 g/mol. The van der Waals surface area contributed by atoms with E-state index in [1.165, 1.54) is 25.1 Å². The van der Waals surface area contributed by atoms with Gasteiger partial charge in [0.05, 0.1) is 0 Å². The second-order valence-electron chi connectivity index (χ2n) is 7.74. The fourth-order valence-corrected chi connectivity index (χ4v) is 3.68. The normalized spacial score (nSPS) is 18.3. The number of amides is 1. The van der Waals surface area contributed by atoms with Crippen LogP contribution in [0.15, 0.2) is 30.3 Å². The van der Waals surface area contributed by atoms with E-state index in [1.54, 1.807) is 0 Å². The van der Waals surface area contributed by atoms with Crippen molar-refractivity contribution in [2.75, 3.05) is 19.6 Å². The van der Waals surface area contributed by atoms with Crippen LogP contribution in [0.4, 0.5) is 4.39 Å². The van der Waals surface area contributed by atoms with E-state index in [1.807, 2.05) is 17.0 Å². The summed E-state index contributed by atoms with van der Waals surface area (Å²) < 4.78 is 13.2. The molecule has 0 aliphatic carbocycles. The van der Waals surface area contributed by atoms with Crippen molar-refractivity contribution >= 4 is 11.7 Å². The molecule has 1 atom stereocenters. The predicted molar refractivity (Wildman–Crippen MR) is 105 cm³/mol. The molecule has 1 amide bonds. The Hall–Kier alpha value is -2.54. The van der Waals surface area contributed by atoms with Crippen LogP contribution in [-0.4, -0.2) is 57.4 Å². The Kier molecular flexibility index (Phi) is 6.24. The summed E-state index contributed by atoms with van der Waals surface area (Å²) in [7, 11) is 0. The van der Waals surface area contributed by atoms with E-state index >= 15 is 0 Å². The molecule has 1 aromatic carbocycles. The van der Waals surface area contributed by atoms with E-state index in [0.717, 1.165) is 25.1 Å². The SMILES string of the molecule is CC(=O)c1cc(C(=O)N2CCCN(Cc3ccc(F)cc3)[C@@H](C(C)C)C2)[nH]n1. The van der Waals surface area contributed by atoms with Gasteiger partial charge in [-0.15, -0.1) is 0 Å². The molecule has 6 nitrogen and oxygen atoms in total. The van der Waals surface area contributed by atoms with Crippen LogP contribution in [0.3, 0.4) is 0 Å². The first kappa shape index (κ1) is 20.2. The van der Waals surface area contributed by atoms with Crippen LogP contribution in [0.5, 0.6) is 0 Å². The number of nitrogens with one attached hydrogen (secondary N) is 1. The molecule has 0 saturated carbocycles. The molecule has 1 aliphatic heterocycles. The Morgan fingerprint density at radius 3 is 2.57 bits per heavy atom. The van der Waals surface area contributed by atoms with Gasteiger partial charge in [-0.25, -0.2) is 4.39 Å². The number of halogens is 1. The molecule has 0 spiro atoms. The molecule has 0 unspecified atom stereocenters. The van der Waals surface area contributed by atoms with Gasteiger partial charge in [-0.3, -0.25) is 19.6 Å². The second-order valence-corrected chi connectivity index (χ2v) is 7.74. The fourth-order valence-electron chi connectivity index (χ4n) is 3.68. The quantitative estimate of drug-likeness (QED) is 0.802. The van der Waals surface area contributed by atoms with Gasteiger partial charge in [-0.05, 0) is 36.1 Å². The van der Waals surface area contributed by atoms with Gasteiger partial charge in [0.1, 0.15) is 17.2 Å². The largest absolute Gasteiger partial charge is 0.336 e. The van der Waals surface area contributed by atoms with E-state index in [0.29, 0.717) is 24.7 Å². The molecule has 1 saturated heterocycles. The van der Waals surface area contributed by atoms with E-state index < -0.39 is 0 Å². The lowest BCUT2D eigenvalue weighted by Gasteiger charge is -2.34. The predicted octanol–water partition coefficient (Wildman–Crippen LogP) is 3.12. The summed E-state index contributed by atoms with van der Waals surface area (Å²) in [6.45, 7) is 8.58. The van der Waals surface area contributed by atoms with Crippen molar-refractivity contribution in [3.63, 3.8) is 0 Å². The maximum Gasteiger partial charge on any atom is 0.271 e. The summed E-state index contributed by atoms with van der Waals surface area (Å²) in [4.78, 5) is 28.6. The third kappa shape index (κ3) is 4.65. The number of carbonyl (C=O) groups excluding carboxylic acids is 2. The number of ketones is 1. The summed E-state index contributed by atoms with van der Waals surface area (Å²) in [5.74, 6) is -0.185. The second kappa shape index (κ2) is 8.65. The van der Waals surface area contributed by atoms with Gasteiger partial charge >= 0.3 is 0 Å². The van der Waals surface area contributed by atoms with Crippen molar-refractivity contribution in [1.29, 1.82) is 0 Å². The van der Waals surface area contributed by atoms with Crippen LogP contribution in [0.2, 0.25) is 0 Å². The Labute approximate surface area is 164 Å². The first-order chi connectivity index (χ1) is 13.3. The number of H-pyrrole nitrogens is 1. The van der Waals surface area contributed by atoms with Gasteiger partial charge in [-0.2, -0.15) is 5.10 Å². The van der Waals surface area contributed by atoms with Gasteiger partial charge in [0.15, 0.2) is 5.78 Å². The van der Waals surface area contributed by atoms with Crippen molar-refractivity contribution in [2.45, 2.75) is 39.8 Å². The summed E-state index contributed by atoms with van der Waals surface area (Å²) in [6.07, 6.45) is 0.851. The van der Waals surface area contributed by atoms with Crippen LogP contribution in [0, 0.1) is 11.7 Å². The van der Waals surface area contributed by atoms with Gasteiger partial charge in [-0.1, -0.05) is 26.0 Å². The standard InChI is InChI=1S/C21H27FN4O2/c1-14(2)20-13-26(21(28)19-11-18(15(3)27)23-24-19)10-4-9-25(20)12-16-5-7-17(22)8-6-16/h5-8,11,14,20H,4,9-10,12-13H2,1-3H3,(H,23,24)/t20-/m1/s1. The minimum atomic E-state index is -0.235. The Morgan fingerprint density at radius 1 is 1.25 bits per heavy atom. The average Bonchev–Trinajstić information content (AvgIpc) is 3.06. The number of hydrogen-bond acceptors (Lipinski definition) is 4. The number of carbonyl (C=O) groups is 2. The molecule has 150 valence electrons. The topological polar surface area (TPSA) is 69.3 Å². The Morgan fingerprint density at radius 2 is 1.96 bits per heavy atom. The zero-order valence-corrected chi connectivity index (χ0v) is 16.6. The summed E-state index contributed by atoms with van der Waals surface area (Å²) in [6, 6.07) is 8.31. The van der Waals surface area contributed by atoms with E-state index in [2.05, 4.69) is 28.9 Å². The molecule has 1 aromatic heterocycles. The number of aromatic amines is 1. The van der Waals surface area contributed by atoms with Crippen molar-refractivity contribution in [3.8, 4) is 0 Å². The van der Waals surface area contributed by atoms with Crippen LogP contribution in [0.25, 0.3) is 0 Å². The number of rotatable bonds is 5. The molecule has 1 N–H and O–H groups in total. The number of benzene rings is 1. The highest BCUT2D eigenvalue weighted by Crippen LogP contribution is 2.21. The minimum absolute atomic E-state index is 0.130. The van der Waals surface area contributed by atoms with Crippen molar-refractivity contribution in [2.24, 2.45) is 5.92 Å². The highest BCUT2D eigenvalue weighted by Gasteiger charge is 2.30. The summed E-state index contributed by atoms with van der Waals surface area (Å²) in [5, 5.41) is 6.62. The highest BCUT2D eigenvalue weighted by atomic mass is 19.1. The minimum Gasteiger partial charge on any atom is -0.336 e. The molecule has 1 aliphatic rings. The molecule has 0 radical (unpaired) electrons. The van der Waals surface area contributed by atoms with Crippen LogP contribution < -0.4 is 0 Å². The Bertz CT molecular complexity index is 831. The van der Waals surface area contributed by atoms with Gasteiger partial charge in [0.25, 0.3) is 5.91 Å². The molecule has 2 aromatic rings. The highest BCUT2D eigenvalue weighted by molar-refractivity contribution is 5.97. The van der Waals surface area contributed by atoms with Gasteiger partial charge in [0, 0.05) is 39.1 Å². The smallest absolute Gasteiger partial charge is 0.271 e. The molecule has 1 fully saturated rings. The number of aromatic nitrogens is 2. The average molecular weight is 386 g/mol. The lowest BCUT2D eigenvalue weighted by molar-refractivity contribution is 0.0696. The van der Waals surface area contributed by atoms with Crippen LogP contribution >= 0.6 is 0 Å². The lowest BCUT2D eigenvalue weighted by atomic mass is 10.0. The van der Waals surface area contributed by atoms with Gasteiger partial charge in [0.2, 0.25) is 0 Å². The van der Waals surface area contributed by atoms with Crippen LogP contribution in [-0.2, 0) is 6.54 Å². The zero-order chi connectivity index (χ0) is 20.3. The Balaban J connectivity index is 1.75. The lowest BCUT2D eigenvalue weighted by Crippen LogP contribution is -2.45. The molecular formula is C21H27FN4O2. The summed E-state index contributed by atoms with van der Waals surface area (Å²) >= 11 is 0. The third-order valence-corrected chi connectivity index (χ3v) is 5.27. The third-order valence-electron chi connectivity index (χ3n) is 5.27. The number of Topliss-reactive ketones (excluding diaryl/α,β-unsaturated/α-hetero) is 1. The van der Waals surface area contributed by atoms with Crippen LogP contribution in [0.1, 0.15) is 53.7 Å². The molecule has 28 heavy (non-hydrogen) atoms. The molecule has 2 heterocycles. The fraction of sp³-hybridized carbons (Fsp3) is 0.476. The molecule has 7 heteroatoms.